The zero-order chi connectivity index (χ0) is 41.9. The summed E-state index contributed by atoms with van der Waals surface area (Å²) in [4.78, 5) is 124. The Hall–Kier alpha value is -9.32. The molecule has 62 heavy (non-hydrogen) atoms. The molecule has 13 aliphatic heterocycles. The molecule has 13 rings (SSSR count). The van der Waals surface area contributed by atoms with E-state index in [1.165, 1.54) is 24.5 Å². The number of amidine groups is 5. The Bertz CT molecular complexity index is 3130. The molecule has 31 heteroatoms. The maximum atomic E-state index is 4.94. The van der Waals surface area contributed by atoms with Crippen molar-refractivity contribution in [3.05, 3.63) is 0 Å². The highest BCUT2D eigenvalue weighted by atomic mass is 15.6. The van der Waals surface area contributed by atoms with Gasteiger partial charge in [0, 0.05) is 14.1 Å². The normalized spacial score (nSPS) is 24.5. The summed E-state index contributed by atoms with van der Waals surface area (Å²) in [5.41, 5.74) is 0. The number of aliphatic imine (C=N–C) groups is 24. The van der Waals surface area contributed by atoms with Crippen molar-refractivity contribution in [3.8, 4) is 0 Å². The molecule has 300 valence electrons. The van der Waals surface area contributed by atoms with E-state index < -0.39 is 0 Å². The van der Waals surface area contributed by atoms with Gasteiger partial charge in [0.25, 0.3) is 0 Å². The quantitative estimate of drug-likeness (QED) is 0.275. The molecule has 13 aliphatic rings. The summed E-state index contributed by atoms with van der Waals surface area (Å²) >= 11 is 0. The minimum Gasteiger partial charge on any atom is -0.282 e. The highest BCUT2D eigenvalue weighted by molar-refractivity contribution is 6.39. The summed E-state index contributed by atoms with van der Waals surface area (Å²) in [5, 5.41) is 0. The number of nitrogens with zero attached hydrogens (tertiary/aromatic N) is 31. The lowest BCUT2D eigenvalue weighted by atomic mass is 10.4. The van der Waals surface area contributed by atoms with Crippen LogP contribution in [0.15, 0.2) is 120 Å². The fourth-order valence-corrected chi connectivity index (χ4v) is 6.92. The Morgan fingerprint density at radius 1 is 0.177 bits per heavy atom. The molecule has 0 fully saturated rings. The smallest absolute Gasteiger partial charge is 0.246 e. The topological polar surface area (TPSA) is 319 Å². The van der Waals surface area contributed by atoms with Gasteiger partial charge in [-0.05, 0) is 34.6 Å². The lowest BCUT2D eigenvalue weighted by molar-refractivity contribution is 0.687. The Kier molecular flexibility index (Phi) is 6.21. The summed E-state index contributed by atoms with van der Waals surface area (Å²) in [6, 6.07) is 0. The predicted molar refractivity (Wildman–Crippen MR) is 232 cm³/mol. The fraction of sp³-hybridized carbons (Fsp3) is 0.226. The van der Waals surface area contributed by atoms with Crippen LogP contribution in [0.2, 0.25) is 0 Å². The lowest BCUT2D eigenvalue weighted by Gasteiger charge is -2.36. The van der Waals surface area contributed by atoms with E-state index >= 15 is 0 Å². The Labute approximate surface area is 344 Å². The average molecular weight is 828 g/mol. The Morgan fingerprint density at radius 2 is 0.306 bits per heavy atom. The van der Waals surface area contributed by atoms with Crippen LogP contribution in [0.25, 0.3) is 0 Å². The number of hydrogen-bond acceptors (Lipinski definition) is 31. The standard InChI is InChI=1S/C31H21N31/c1-8-32-17-33-9(2)39-23-51-29(50-22(38-8)58(17)23)62-30-52-24-40-11(4)36-20-44-15(48-27(54-30)60(20)24)56(6)13-42-18-34-10(3)35-19-43-14(47-26(46-13)59(18)19)57(7)16-45-21-37-12(5)41-25-53-31(62)55-28(49-16)61(21)25/h1-7H3. The summed E-state index contributed by atoms with van der Waals surface area (Å²) in [6.07, 6.45) is 0. The van der Waals surface area contributed by atoms with Gasteiger partial charge in [-0.1, -0.05) is 0 Å². The molecular weight excluding hydrogens is 807 g/mol. The van der Waals surface area contributed by atoms with Crippen LogP contribution in [0.3, 0.4) is 0 Å². The van der Waals surface area contributed by atoms with Crippen molar-refractivity contribution < 1.29 is 0 Å². The van der Waals surface area contributed by atoms with Crippen molar-refractivity contribution in [1.82, 2.24) is 34.3 Å². The first kappa shape index (κ1) is 33.6. The molecular formula is C31H21N31. The zero-order valence-corrected chi connectivity index (χ0v) is 32.9. The van der Waals surface area contributed by atoms with Crippen LogP contribution in [0.5, 0.6) is 0 Å². The molecule has 0 N–H and O–H groups in total. The van der Waals surface area contributed by atoms with E-state index in [2.05, 4.69) is 49.9 Å². The van der Waals surface area contributed by atoms with E-state index in [0.717, 1.165) is 0 Å². The average Bonchev–Trinajstić information content (AvgIpc) is 3.21. The van der Waals surface area contributed by atoms with Crippen molar-refractivity contribution >= 4 is 142 Å². The molecule has 0 aliphatic carbocycles. The maximum Gasteiger partial charge on any atom is 0.246 e. The minimum atomic E-state index is -0.0751. The first-order chi connectivity index (χ1) is 30.0. The van der Waals surface area contributed by atoms with Gasteiger partial charge >= 0.3 is 0 Å². The molecule has 0 spiro atoms. The molecule has 0 amide bonds. The monoisotopic (exact) mass is 827 g/mol. The maximum absolute atomic E-state index is 4.94. The van der Waals surface area contributed by atoms with E-state index in [1.807, 2.05) is 0 Å². The number of guanidine groups is 19. The van der Waals surface area contributed by atoms with Gasteiger partial charge in [0.1, 0.15) is 29.2 Å². The molecule has 31 nitrogen and oxygen atoms in total. The van der Waals surface area contributed by atoms with E-state index in [-0.39, 0.29) is 107 Å². The van der Waals surface area contributed by atoms with Gasteiger partial charge < -0.3 is 0 Å². The summed E-state index contributed by atoms with van der Waals surface area (Å²) in [6.45, 7) is 8.59. The predicted octanol–water partition coefficient (Wildman–Crippen LogP) is -1.61. The summed E-state index contributed by atoms with van der Waals surface area (Å²) in [7, 11) is 3.36. The fourth-order valence-electron chi connectivity index (χ4n) is 6.92. The second kappa shape index (κ2) is 11.4. The van der Waals surface area contributed by atoms with Crippen LogP contribution in [0, 0.1) is 0 Å². The van der Waals surface area contributed by atoms with Gasteiger partial charge in [-0.3, -0.25) is 9.80 Å². The Morgan fingerprint density at radius 3 is 0.516 bits per heavy atom. The molecule has 13 heterocycles. The molecule has 0 radical (unpaired) electrons. The van der Waals surface area contributed by atoms with Gasteiger partial charge in [0.15, 0.2) is 0 Å². The van der Waals surface area contributed by atoms with Crippen LogP contribution in [0.4, 0.5) is 0 Å². The van der Waals surface area contributed by atoms with Crippen LogP contribution in [0.1, 0.15) is 34.6 Å². The third-order valence-electron chi connectivity index (χ3n) is 9.62. The van der Waals surface area contributed by atoms with Crippen LogP contribution in [-0.2, 0) is 0 Å². The van der Waals surface area contributed by atoms with E-state index in [1.54, 1.807) is 58.5 Å². The van der Waals surface area contributed by atoms with E-state index in [4.69, 9.17) is 69.9 Å². The van der Waals surface area contributed by atoms with Gasteiger partial charge in [-0.25, -0.2) is 24.5 Å². The SMILES string of the molecule is CC1=NC2=NC(C)=NC3=NC(N4C5=NC6=NC(C)=NC7=NC(=NC(=N5)N67)N(C)C5=NC6=NC(C)=NC7=NC(=NC(=N5)N67)N(C)C5=NC6=NC4=NC4=NC(C)=NC(=N5)N46)=NC(=N1)N23. The molecule has 0 aromatic rings. The second-order valence-electron chi connectivity index (χ2n) is 13.9. The van der Waals surface area contributed by atoms with Crippen molar-refractivity contribution in [1.29, 1.82) is 0 Å². The van der Waals surface area contributed by atoms with Crippen LogP contribution >= 0.6 is 0 Å². The minimum absolute atomic E-state index is 0.0517. The molecule has 0 atom stereocenters. The first-order valence-corrected chi connectivity index (χ1v) is 18.4. The van der Waals surface area contributed by atoms with E-state index in [0.29, 0.717) is 35.1 Å². The summed E-state index contributed by atoms with van der Waals surface area (Å²) < 4.78 is 0. The highest BCUT2D eigenvalue weighted by Crippen LogP contribution is 2.27. The molecule has 9 bridgehead atoms. The number of hydrogen-bond donors (Lipinski definition) is 0. The van der Waals surface area contributed by atoms with Gasteiger partial charge in [-0.2, -0.15) is 120 Å². The second-order valence-corrected chi connectivity index (χ2v) is 13.9. The Balaban J connectivity index is 1.08. The molecule has 0 aromatic heterocycles. The van der Waals surface area contributed by atoms with Crippen molar-refractivity contribution in [2.75, 3.05) is 14.1 Å². The highest BCUT2D eigenvalue weighted by Gasteiger charge is 2.45. The first-order valence-electron chi connectivity index (χ1n) is 18.4. The van der Waals surface area contributed by atoms with Gasteiger partial charge in [-0.15, -0.1) is 0 Å². The van der Waals surface area contributed by atoms with Gasteiger partial charge in [0.2, 0.25) is 113 Å². The largest absolute Gasteiger partial charge is 0.282 e. The van der Waals surface area contributed by atoms with E-state index in [9.17, 15) is 0 Å². The molecule has 0 unspecified atom stereocenters. The van der Waals surface area contributed by atoms with Gasteiger partial charge in [0.05, 0.1) is 0 Å². The third kappa shape index (κ3) is 4.73. The third-order valence-corrected chi connectivity index (χ3v) is 9.62. The van der Waals surface area contributed by atoms with Crippen molar-refractivity contribution in [2.45, 2.75) is 34.6 Å². The molecule has 0 saturated carbocycles. The summed E-state index contributed by atoms with van der Waals surface area (Å²) in [5.74, 6) is 4.08. The number of fused-ring (bicyclic) bond motifs is 3. The van der Waals surface area contributed by atoms with Crippen molar-refractivity contribution in [3.63, 3.8) is 0 Å². The number of rotatable bonds is 0. The molecule has 0 aromatic carbocycles. The lowest BCUT2D eigenvalue weighted by Crippen LogP contribution is -2.56. The van der Waals surface area contributed by atoms with Crippen molar-refractivity contribution in [2.24, 2.45) is 120 Å². The zero-order valence-electron chi connectivity index (χ0n) is 32.9. The van der Waals surface area contributed by atoms with Crippen LogP contribution < -0.4 is 0 Å². The van der Waals surface area contributed by atoms with Crippen LogP contribution in [-0.4, -0.2) is 191 Å². The molecule has 0 saturated heterocycles.